The van der Waals surface area contributed by atoms with Crippen LogP contribution >= 0.6 is 0 Å². The van der Waals surface area contributed by atoms with Gasteiger partial charge < -0.3 is 10.6 Å². The second-order valence-electron chi connectivity index (χ2n) is 5.80. The van der Waals surface area contributed by atoms with Crippen molar-refractivity contribution >= 4 is 15.7 Å². The topological polar surface area (TPSA) is 80.5 Å². The SMILES string of the molecule is CC(N)CCCC(C)C(=O)N1CCS(=O)(=O)CC1C. The van der Waals surface area contributed by atoms with Crippen molar-refractivity contribution in [2.24, 2.45) is 11.7 Å². The molecule has 1 amide bonds. The van der Waals surface area contributed by atoms with Crippen LogP contribution < -0.4 is 5.73 Å². The third kappa shape index (κ3) is 5.10. The van der Waals surface area contributed by atoms with Gasteiger partial charge in [-0.3, -0.25) is 4.79 Å². The van der Waals surface area contributed by atoms with Crippen molar-refractivity contribution in [2.75, 3.05) is 18.1 Å². The Morgan fingerprint density at radius 3 is 2.53 bits per heavy atom. The van der Waals surface area contributed by atoms with Crippen LogP contribution in [0.25, 0.3) is 0 Å². The van der Waals surface area contributed by atoms with Crippen LogP contribution in [0.2, 0.25) is 0 Å². The molecule has 2 N–H and O–H groups in total. The van der Waals surface area contributed by atoms with Crippen LogP contribution in [0.3, 0.4) is 0 Å². The summed E-state index contributed by atoms with van der Waals surface area (Å²) >= 11 is 0. The van der Waals surface area contributed by atoms with E-state index in [-0.39, 0.29) is 35.4 Å². The Labute approximate surface area is 116 Å². The number of nitrogens with zero attached hydrogens (tertiary/aromatic N) is 1. The Hall–Kier alpha value is -0.620. The highest BCUT2D eigenvalue weighted by atomic mass is 32.2. The Morgan fingerprint density at radius 1 is 1.37 bits per heavy atom. The van der Waals surface area contributed by atoms with Crippen LogP contribution in [0.4, 0.5) is 0 Å². The summed E-state index contributed by atoms with van der Waals surface area (Å²) in [5, 5.41) is 0. The summed E-state index contributed by atoms with van der Waals surface area (Å²) in [7, 11) is -2.96. The molecule has 1 fully saturated rings. The molecule has 0 aromatic rings. The van der Waals surface area contributed by atoms with Gasteiger partial charge in [-0.1, -0.05) is 13.3 Å². The van der Waals surface area contributed by atoms with Gasteiger partial charge in [0, 0.05) is 24.5 Å². The maximum atomic E-state index is 12.3. The molecule has 3 atom stereocenters. The van der Waals surface area contributed by atoms with E-state index in [2.05, 4.69) is 0 Å². The largest absolute Gasteiger partial charge is 0.338 e. The third-order valence-electron chi connectivity index (χ3n) is 3.67. The first-order valence-corrected chi connectivity index (χ1v) is 8.81. The van der Waals surface area contributed by atoms with E-state index in [4.69, 9.17) is 5.73 Å². The molecule has 1 heterocycles. The quantitative estimate of drug-likeness (QED) is 0.811. The van der Waals surface area contributed by atoms with Crippen molar-refractivity contribution in [2.45, 2.75) is 52.1 Å². The summed E-state index contributed by atoms with van der Waals surface area (Å²) in [6.45, 7) is 6.02. The number of amides is 1. The maximum Gasteiger partial charge on any atom is 0.225 e. The summed E-state index contributed by atoms with van der Waals surface area (Å²) < 4.78 is 23.0. The zero-order chi connectivity index (χ0) is 14.6. The number of nitrogens with two attached hydrogens (primary N) is 1. The molecule has 0 aromatic heterocycles. The molecule has 0 aromatic carbocycles. The molecule has 0 aliphatic carbocycles. The lowest BCUT2D eigenvalue weighted by molar-refractivity contribution is -0.136. The van der Waals surface area contributed by atoms with Gasteiger partial charge in [0.2, 0.25) is 5.91 Å². The average molecular weight is 290 g/mol. The smallest absolute Gasteiger partial charge is 0.225 e. The molecular weight excluding hydrogens is 264 g/mol. The Bertz CT molecular complexity index is 406. The third-order valence-corrected chi connectivity index (χ3v) is 5.47. The van der Waals surface area contributed by atoms with E-state index in [9.17, 15) is 13.2 Å². The standard InChI is InChI=1S/C13H26N2O3S/c1-10(5-4-6-11(2)14)13(16)15-7-8-19(17,18)9-12(15)3/h10-12H,4-9,14H2,1-3H3. The fourth-order valence-electron chi connectivity index (χ4n) is 2.48. The summed E-state index contributed by atoms with van der Waals surface area (Å²) in [5.41, 5.74) is 5.69. The molecule has 1 rings (SSSR count). The maximum absolute atomic E-state index is 12.3. The summed E-state index contributed by atoms with van der Waals surface area (Å²) in [6, 6.07) is -0.0384. The van der Waals surface area contributed by atoms with Crippen molar-refractivity contribution in [3.63, 3.8) is 0 Å². The predicted octanol–water partition coefficient (Wildman–Crippen LogP) is 0.786. The van der Waals surface area contributed by atoms with Crippen molar-refractivity contribution < 1.29 is 13.2 Å². The van der Waals surface area contributed by atoms with Gasteiger partial charge in [-0.15, -0.1) is 0 Å². The second kappa shape index (κ2) is 6.70. The van der Waals surface area contributed by atoms with E-state index in [0.29, 0.717) is 6.54 Å². The van der Waals surface area contributed by atoms with Crippen molar-refractivity contribution in [1.82, 2.24) is 4.90 Å². The fourth-order valence-corrected chi connectivity index (χ4v) is 4.04. The predicted molar refractivity (Wildman–Crippen MR) is 76.5 cm³/mol. The molecule has 1 aliphatic heterocycles. The van der Waals surface area contributed by atoms with Gasteiger partial charge >= 0.3 is 0 Å². The van der Waals surface area contributed by atoms with Gasteiger partial charge in [-0.25, -0.2) is 8.42 Å². The lowest BCUT2D eigenvalue weighted by Gasteiger charge is -2.35. The van der Waals surface area contributed by atoms with Crippen molar-refractivity contribution in [3.8, 4) is 0 Å². The Morgan fingerprint density at radius 2 is 2.00 bits per heavy atom. The average Bonchev–Trinajstić information content (AvgIpc) is 2.26. The van der Waals surface area contributed by atoms with Crippen LogP contribution in [-0.4, -0.2) is 49.4 Å². The minimum absolute atomic E-state index is 0.0537. The lowest BCUT2D eigenvalue weighted by atomic mass is 10.00. The summed E-state index contributed by atoms with van der Waals surface area (Å²) in [6.07, 6.45) is 2.67. The molecule has 112 valence electrons. The Kier molecular flexibility index (Phi) is 5.80. The van der Waals surface area contributed by atoms with Gasteiger partial charge in [0.1, 0.15) is 0 Å². The van der Waals surface area contributed by atoms with E-state index in [0.717, 1.165) is 19.3 Å². The second-order valence-corrected chi connectivity index (χ2v) is 8.03. The molecule has 1 saturated heterocycles. The van der Waals surface area contributed by atoms with Gasteiger partial charge in [-0.2, -0.15) is 0 Å². The summed E-state index contributed by atoms with van der Waals surface area (Å²) in [4.78, 5) is 14.0. The number of sulfone groups is 1. The first-order chi connectivity index (χ1) is 8.73. The van der Waals surface area contributed by atoms with Gasteiger partial charge in [-0.05, 0) is 26.7 Å². The van der Waals surface area contributed by atoms with Crippen molar-refractivity contribution in [3.05, 3.63) is 0 Å². The van der Waals surface area contributed by atoms with E-state index in [1.807, 2.05) is 20.8 Å². The molecule has 0 spiro atoms. The van der Waals surface area contributed by atoms with Crippen molar-refractivity contribution in [1.29, 1.82) is 0 Å². The molecule has 1 aliphatic rings. The molecule has 0 radical (unpaired) electrons. The van der Waals surface area contributed by atoms with E-state index >= 15 is 0 Å². The number of rotatable bonds is 5. The monoisotopic (exact) mass is 290 g/mol. The number of hydrogen-bond acceptors (Lipinski definition) is 4. The normalized spacial score (nSPS) is 25.9. The fraction of sp³-hybridized carbons (Fsp3) is 0.923. The Balaban J connectivity index is 2.48. The molecule has 3 unspecified atom stereocenters. The van der Waals surface area contributed by atoms with Crippen LogP contribution in [0.1, 0.15) is 40.0 Å². The highest BCUT2D eigenvalue weighted by molar-refractivity contribution is 7.91. The molecule has 19 heavy (non-hydrogen) atoms. The zero-order valence-corrected chi connectivity index (χ0v) is 12.9. The minimum atomic E-state index is -2.96. The number of hydrogen-bond donors (Lipinski definition) is 1. The van der Waals surface area contributed by atoms with E-state index in [1.165, 1.54) is 0 Å². The summed E-state index contributed by atoms with van der Waals surface area (Å²) in [5.74, 6) is 0.204. The van der Waals surface area contributed by atoms with Crippen LogP contribution in [0.15, 0.2) is 0 Å². The molecule has 6 heteroatoms. The first-order valence-electron chi connectivity index (χ1n) is 6.99. The minimum Gasteiger partial charge on any atom is -0.338 e. The van der Waals surface area contributed by atoms with E-state index < -0.39 is 9.84 Å². The highest BCUT2D eigenvalue weighted by Gasteiger charge is 2.32. The molecule has 0 saturated carbocycles. The van der Waals surface area contributed by atoms with Gasteiger partial charge in [0.15, 0.2) is 9.84 Å². The zero-order valence-electron chi connectivity index (χ0n) is 12.1. The molecule has 5 nitrogen and oxygen atoms in total. The van der Waals surface area contributed by atoms with Crippen LogP contribution in [0.5, 0.6) is 0 Å². The van der Waals surface area contributed by atoms with Gasteiger partial charge in [0.05, 0.1) is 11.5 Å². The number of carbonyl (C=O) groups excluding carboxylic acids is 1. The highest BCUT2D eigenvalue weighted by Crippen LogP contribution is 2.18. The van der Waals surface area contributed by atoms with Gasteiger partial charge in [0.25, 0.3) is 0 Å². The van der Waals surface area contributed by atoms with E-state index in [1.54, 1.807) is 4.90 Å². The lowest BCUT2D eigenvalue weighted by Crippen LogP contribution is -2.51. The first kappa shape index (κ1) is 16.4. The molecular formula is C13H26N2O3S. The van der Waals surface area contributed by atoms with Crippen LogP contribution in [0, 0.1) is 5.92 Å². The molecule has 0 bridgehead atoms. The number of carbonyl (C=O) groups is 1. The van der Waals surface area contributed by atoms with Crippen LogP contribution in [-0.2, 0) is 14.6 Å².